The van der Waals surface area contributed by atoms with Gasteiger partial charge in [-0.3, -0.25) is 0 Å². The lowest BCUT2D eigenvalue weighted by Gasteiger charge is -2.23. The van der Waals surface area contributed by atoms with Gasteiger partial charge < -0.3 is 10.6 Å². The molecule has 0 aliphatic rings. The van der Waals surface area contributed by atoms with E-state index < -0.39 is 0 Å². The number of rotatable bonds is 7. The summed E-state index contributed by atoms with van der Waals surface area (Å²) in [4.78, 5) is 10.4. The summed E-state index contributed by atoms with van der Waals surface area (Å²) in [5.74, 6) is 1.08. The average Bonchev–Trinajstić information content (AvgIpc) is 2.28. The monoisotopic (exact) mass is 256 g/mol. The fourth-order valence-corrected chi connectivity index (χ4v) is 1.81. The highest BCUT2D eigenvalue weighted by Gasteiger charge is 2.09. The molecule has 0 fully saturated rings. The third kappa shape index (κ3) is 4.77. The number of nitrogens with zero attached hydrogens (tertiary/aromatic N) is 3. The smallest absolute Gasteiger partial charge is 0.223 e. The Kier molecular flexibility index (Phi) is 6.05. The van der Waals surface area contributed by atoms with Crippen molar-refractivity contribution in [2.45, 2.75) is 39.5 Å². The van der Waals surface area contributed by atoms with E-state index >= 15 is 0 Å². The normalized spacial score (nSPS) is 10.5. The van der Waals surface area contributed by atoms with Gasteiger partial charge in [0, 0.05) is 19.2 Å². The van der Waals surface area contributed by atoms with Crippen molar-refractivity contribution in [1.82, 2.24) is 9.97 Å². The summed E-state index contributed by atoms with van der Waals surface area (Å²) < 4.78 is 0. The molecular weight excluding hydrogens is 236 g/mol. The van der Waals surface area contributed by atoms with Gasteiger partial charge >= 0.3 is 0 Å². The predicted molar refractivity (Wildman–Crippen MR) is 73.5 cm³/mol. The number of unbranched alkanes of at least 4 members (excludes halogenated alkanes) is 2. The molecule has 0 spiro atoms. The zero-order valence-corrected chi connectivity index (χ0v) is 11.4. The Bertz CT molecular complexity index is 315. The van der Waals surface area contributed by atoms with E-state index in [1.54, 1.807) is 6.07 Å². The van der Waals surface area contributed by atoms with Crippen molar-refractivity contribution in [3.8, 4) is 0 Å². The van der Waals surface area contributed by atoms with Gasteiger partial charge in [-0.1, -0.05) is 38.3 Å². The van der Waals surface area contributed by atoms with Gasteiger partial charge in [0.1, 0.15) is 11.0 Å². The Morgan fingerprint density at radius 3 is 2.24 bits per heavy atom. The number of halogens is 1. The van der Waals surface area contributed by atoms with Crippen molar-refractivity contribution in [2.24, 2.45) is 0 Å². The summed E-state index contributed by atoms with van der Waals surface area (Å²) in [5.41, 5.74) is 5.62. The third-order valence-corrected chi connectivity index (χ3v) is 2.78. The van der Waals surface area contributed by atoms with Gasteiger partial charge in [0.25, 0.3) is 0 Å². The first-order chi connectivity index (χ1) is 8.17. The molecule has 0 saturated heterocycles. The number of nitrogens with two attached hydrogens (primary N) is 1. The first kappa shape index (κ1) is 14.0. The van der Waals surface area contributed by atoms with Crippen LogP contribution < -0.4 is 10.6 Å². The van der Waals surface area contributed by atoms with Crippen LogP contribution in [0.2, 0.25) is 5.15 Å². The maximum absolute atomic E-state index is 5.90. The summed E-state index contributed by atoms with van der Waals surface area (Å²) >= 11 is 5.90. The van der Waals surface area contributed by atoms with Crippen LogP contribution in [0.15, 0.2) is 6.07 Å². The Morgan fingerprint density at radius 1 is 1.18 bits per heavy atom. The second-order valence-corrected chi connectivity index (χ2v) is 4.49. The second-order valence-electron chi connectivity index (χ2n) is 4.10. The minimum absolute atomic E-state index is 0.241. The lowest BCUT2D eigenvalue weighted by atomic mass is 10.2. The van der Waals surface area contributed by atoms with E-state index in [0.717, 1.165) is 44.6 Å². The molecule has 2 N–H and O–H groups in total. The van der Waals surface area contributed by atoms with E-state index in [1.165, 1.54) is 0 Å². The van der Waals surface area contributed by atoms with Crippen molar-refractivity contribution in [3.63, 3.8) is 0 Å². The van der Waals surface area contributed by atoms with Crippen LogP contribution in [0.3, 0.4) is 0 Å². The van der Waals surface area contributed by atoms with Crippen LogP contribution in [0.5, 0.6) is 0 Å². The maximum atomic E-state index is 5.90. The largest absolute Gasteiger partial charge is 0.368 e. The number of aromatic nitrogens is 2. The summed E-state index contributed by atoms with van der Waals surface area (Å²) in [7, 11) is 0. The molecule has 0 saturated carbocycles. The fourth-order valence-electron chi connectivity index (χ4n) is 1.62. The zero-order valence-electron chi connectivity index (χ0n) is 10.6. The van der Waals surface area contributed by atoms with Crippen molar-refractivity contribution in [1.29, 1.82) is 0 Å². The lowest BCUT2D eigenvalue weighted by molar-refractivity contribution is 0.671. The van der Waals surface area contributed by atoms with Gasteiger partial charge in [-0.25, -0.2) is 4.98 Å². The maximum Gasteiger partial charge on any atom is 0.223 e. The zero-order chi connectivity index (χ0) is 12.7. The summed E-state index contributed by atoms with van der Waals surface area (Å²) in [6, 6.07) is 1.78. The molecule has 0 atom stereocenters. The molecule has 1 heterocycles. The van der Waals surface area contributed by atoms with E-state index in [4.69, 9.17) is 17.3 Å². The molecule has 17 heavy (non-hydrogen) atoms. The molecule has 0 aliphatic carbocycles. The summed E-state index contributed by atoms with van der Waals surface area (Å²) in [5, 5.41) is 0.408. The van der Waals surface area contributed by atoms with Crippen molar-refractivity contribution in [2.75, 3.05) is 23.7 Å². The Balaban J connectivity index is 2.78. The molecule has 0 unspecified atom stereocenters. The van der Waals surface area contributed by atoms with Gasteiger partial charge in [-0.15, -0.1) is 0 Å². The number of anilines is 2. The van der Waals surface area contributed by atoms with Gasteiger partial charge in [0.15, 0.2) is 0 Å². The Hall–Kier alpha value is -1.03. The van der Waals surface area contributed by atoms with Crippen LogP contribution in [-0.2, 0) is 0 Å². The Labute approximate surface area is 108 Å². The lowest BCUT2D eigenvalue weighted by Crippen LogP contribution is -2.27. The standard InChI is InChI=1S/C12H21ClN4/c1-3-5-7-17(8-6-4-2)11-9-10(13)15-12(14)16-11/h9H,3-8H2,1-2H3,(H2,14,15,16). The first-order valence-electron chi connectivity index (χ1n) is 6.22. The van der Waals surface area contributed by atoms with Crippen LogP contribution >= 0.6 is 11.6 Å². The Morgan fingerprint density at radius 2 is 1.76 bits per heavy atom. The highest BCUT2D eigenvalue weighted by molar-refractivity contribution is 6.29. The summed E-state index contributed by atoms with van der Waals surface area (Å²) in [6.45, 7) is 6.34. The van der Waals surface area contributed by atoms with E-state index in [0.29, 0.717) is 5.15 Å². The van der Waals surface area contributed by atoms with Crippen LogP contribution in [-0.4, -0.2) is 23.1 Å². The van der Waals surface area contributed by atoms with Gasteiger partial charge in [0.2, 0.25) is 5.95 Å². The van der Waals surface area contributed by atoms with Crippen molar-refractivity contribution in [3.05, 3.63) is 11.2 Å². The number of hydrogen-bond acceptors (Lipinski definition) is 4. The highest BCUT2D eigenvalue weighted by Crippen LogP contribution is 2.18. The molecule has 0 radical (unpaired) electrons. The molecule has 4 nitrogen and oxygen atoms in total. The van der Waals surface area contributed by atoms with Crippen LogP contribution in [0, 0.1) is 0 Å². The second kappa shape index (κ2) is 7.33. The molecule has 0 aliphatic heterocycles. The molecule has 0 amide bonds. The van der Waals surface area contributed by atoms with Gasteiger partial charge in [0.05, 0.1) is 0 Å². The number of nitrogen functional groups attached to an aromatic ring is 1. The van der Waals surface area contributed by atoms with Crippen molar-refractivity contribution < 1.29 is 0 Å². The van der Waals surface area contributed by atoms with E-state index in [2.05, 4.69) is 28.7 Å². The molecule has 1 aromatic rings. The first-order valence-corrected chi connectivity index (χ1v) is 6.60. The van der Waals surface area contributed by atoms with E-state index in [-0.39, 0.29) is 5.95 Å². The third-order valence-electron chi connectivity index (χ3n) is 2.59. The average molecular weight is 257 g/mol. The van der Waals surface area contributed by atoms with Crippen LogP contribution in [0.4, 0.5) is 11.8 Å². The fraction of sp³-hybridized carbons (Fsp3) is 0.667. The van der Waals surface area contributed by atoms with E-state index in [9.17, 15) is 0 Å². The minimum Gasteiger partial charge on any atom is -0.368 e. The molecular formula is C12H21ClN4. The topological polar surface area (TPSA) is 55.0 Å². The molecule has 1 rings (SSSR count). The molecule has 5 heteroatoms. The SMILES string of the molecule is CCCCN(CCCC)c1cc(Cl)nc(N)n1. The van der Waals surface area contributed by atoms with Gasteiger partial charge in [-0.05, 0) is 12.8 Å². The van der Waals surface area contributed by atoms with Crippen LogP contribution in [0.25, 0.3) is 0 Å². The van der Waals surface area contributed by atoms with Crippen LogP contribution in [0.1, 0.15) is 39.5 Å². The van der Waals surface area contributed by atoms with E-state index in [1.807, 2.05) is 0 Å². The highest BCUT2D eigenvalue weighted by atomic mass is 35.5. The minimum atomic E-state index is 0.241. The number of hydrogen-bond donors (Lipinski definition) is 1. The molecule has 0 aromatic carbocycles. The molecule has 96 valence electrons. The van der Waals surface area contributed by atoms with Crippen molar-refractivity contribution >= 4 is 23.4 Å². The molecule has 1 aromatic heterocycles. The summed E-state index contributed by atoms with van der Waals surface area (Å²) in [6.07, 6.45) is 4.62. The predicted octanol–water partition coefficient (Wildman–Crippen LogP) is 3.12. The molecule has 0 bridgehead atoms. The van der Waals surface area contributed by atoms with Gasteiger partial charge in [-0.2, -0.15) is 4.98 Å². The quantitative estimate of drug-likeness (QED) is 0.762.